The Balaban J connectivity index is 2.06. The van der Waals surface area contributed by atoms with Gasteiger partial charge >= 0.3 is 11.9 Å². The van der Waals surface area contributed by atoms with E-state index in [1.54, 1.807) is 12.1 Å². The third-order valence-electron chi connectivity index (χ3n) is 5.88. The molecular weight excluding hydrogens is 452 g/mol. The van der Waals surface area contributed by atoms with Crippen molar-refractivity contribution in [3.05, 3.63) is 59.7 Å². The molecule has 2 aromatic rings. The summed E-state index contributed by atoms with van der Waals surface area (Å²) >= 11 is 0. The molecule has 0 bridgehead atoms. The van der Waals surface area contributed by atoms with Gasteiger partial charge in [0.15, 0.2) is 11.5 Å². The fourth-order valence-corrected chi connectivity index (χ4v) is 3.70. The van der Waals surface area contributed by atoms with Crippen molar-refractivity contribution in [1.29, 1.82) is 0 Å². The second-order valence-electron chi connectivity index (χ2n) is 8.90. The van der Waals surface area contributed by atoms with E-state index in [-0.39, 0.29) is 17.6 Å². The Morgan fingerprint density at radius 1 is 1.03 bits per heavy atom. The summed E-state index contributed by atoms with van der Waals surface area (Å²) in [5, 5.41) is 25.1. The number of amides is 1. The lowest BCUT2D eigenvalue weighted by Gasteiger charge is -2.27. The van der Waals surface area contributed by atoms with Crippen molar-refractivity contribution in [2.45, 2.75) is 50.6 Å². The van der Waals surface area contributed by atoms with E-state index >= 15 is 0 Å². The van der Waals surface area contributed by atoms with Gasteiger partial charge in [0.05, 0.1) is 26.7 Å². The third kappa shape index (κ3) is 8.29. The van der Waals surface area contributed by atoms with Crippen molar-refractivity contribution in [2.24, 2.45) is 0 Å². The van der Waals surface area contributed by atoms with Crippen molar-refractivity contribution in [3.63, 3.8) is 0 Å². The zero-order valence-corrected chi connectivity index (χ0v) is 20.5. The van der Waals surface area contributed by atoms with Crippen molar-refractivity contribution >= 4 is 17.8 Å². The quantitative estimate of drug-likeness (QED) is 0.317. The van der Waals surface area contributed by atoms with Gasteiger partial charge in [0.25, 0.3) is 0 Å². The van der Waals surface area contributed by atoms with E-state index in [9.17, 15) is 24.6 Å². The molecule has 2 rings (SSSR count). The Morgan fingerprint density at radius 3 is 2.29 bits per heavy atom. The number of benzene rings is 2. The van der Waals surface area contributed by atoms with Crippen LogP contribution in [0.4, 0.5) is 0 Å². The Hall–Kier alpha value is -3.59. The smallest absolute Gasteiger partial charge is 0.328 e. The summed E-state index contributed by atoms with van der Waals surface area (Å²) in [6.07, 6.45) is 0.314. The summed E-state index contributed by atoms with van der Waals surface area (Å²) in [5.41, 5.74) is 1.31. The minimum atomic E-state index is -1.14. The molecule has 9 heteroatoms. The van der Waals surface area contributed by atoms with Gasteiger partial charge in [-0.25, -0.2) is 4.79 Å². The lowest BCUT2D eigenvalue weighted by atomic mass is 9.81. The van der Waals surface area contributed by atoms with Crippen molar-refractivity contribution in [3.8, 4) is 11.5 Å². The number of esters is 1. The first-order valence-electron chi connectivity index (χ1n) is 11.3. The van der Waals surface area contributed by atoms with Crippen molar-refractivity contribution in [2.75, 3.05) is 20.8 Å². The molecule has 2 aromatic carbocycles. The summed E-state index contributed by atoms with van der Waals surface area (Å²) in [7, 11) is 2.71. The van der Waals surface area contributed by atoms with E-state index in [0.717, 1.165) is 11.1 Å². The molecule has 0 aliphatic rings. The molecule has 0 aliphatic carbocycles. The number of hydrogen-bond acceptors (Lipinski definition) is 7. The number of phenolic OH excluding ortho intramolecular Hbond substituents is 1. The van der Waals surface area contributed by atoms with Crippen LogP contribution in [0.25, 0.3) is 0 Å². The lowest BCUT2D eigenvalue weighted by molar-refractivity contribution is -0.145. The normalized spacial score (nSPS) is 12.9. The van der Waals surface area contributed by atoms with E-state index in [1.807, 2.05) is 50.2 Å². The number of aromatic hydroxyl groups is 1. The molecule has 1 amide bonds. The van der Waals surface area contributed by atoms with Gasteiger partial charge in [-0.05, 0) is 41.6 Å². The van der Waals surface area contributed by atoms with Gasteiger partial charge in [0, 0.05) is 6.42 Å². The number of rotatable bonds is 13. The Bertz CT molecular complexity index is 1010. The largest absolute Gasteiger partial charge is 0.504 e. The number of carbonyl (C=O) groups excluding carboxylic acids is 2. The van der Waals surface area contributed by atoms with Crippen LogP contribution >= 0.6 is 0 Å². The van der Waals surface area contributed by atoms with Gasteiger partial charge in [0.1, 0.15) is 6.04 Å². The van der Waals surface area contributed by atoms with Crippen LogP contribution in [0.5, 0.6) is 11.5 Å². The second kappa shape index (κ2) is 12.8. The van der Waals surface area contributed by atoms with Gasteiger partial charge in [-0.2, -0.15) is 0 Å². The molecule has 0 aliphatic heterocycles. The number of carboxylic acid groups (broad SMARTS) is 1. The zero-order chi connectivity index (χ0) is 26.0. The van der Waals surface area contributed by atoms with E-state index in [0.29, 0.717) is 18.7 Å². The molecule has 4 N–H and O–H groups in total. The van der Waals surface area contributed by atoms with Crippen LogP contribution in [-0.2, 0) is 31.0 Å². The van der Waals surface area contributed by atoms with Gasteiger partial charge in [-0.1, -0.05) is 50.2 Å². The van der Waals surface area contributed by atoms with Gasteiger partial charge in [-0.15, -0.1) is 0 Å². The number of phenols is 1. The highest BCUT2D eigenvalue weighted by Crippen LogP contribution is 2.34. The number of ether oxygens (including phenoxy) is 2. The molecule has 0 saturated heterocycles. The third-order valence-corrected chi connectivity index (χ3v) is 5.88. The SMILES string of the molecule is COC(=O)[C@@H](Cc1ccccc1)NC(=O)[C@H](CC(=O)O)NCCC(C)(C)c1ccc(OC)c(O)c1. The van der Waals surface area contributed by atoms with Crippen LogP contribution < -0.4 is 15.4 Å². The molecule has 0 heterocycles. The van der Waals surface area contributed by atoms with Gasteiger partial charge in [0.2, 0.25) is 5.91 Å². The topological polar surface area (TPSA) is 134 Å². The minimum Gasteiger partial charge on any atom is -0.504 e. The van der Waals surface area contributed by atoms with Crippen LogP contribution in [0, 0.1) is 0 Å². The van der Waals surface area contributed by atoms with E-state index in [2.05, 4.69) is 10.6 Å². The molecule has 0 aromatic heterocycles. The highest BCUT2D eigenvalue weighted by atomic mass is 16.5. The molecule has 0 spiro atoms. The molecule has 35 heavy (non-hydrogen) atoms. The first-order chi connectivity index (χ1) is 16.6. The number of methoxy groups -OCH3 is 2. The molecule has 2 atom stereocenters. The summed E-state index contributed by atoms with van der Waals surface area (Å²) in [5.74, 6) is -1.96. The predicted octanol–water partition coefficient (Wildman–Crippen LogP) is 2.40. The summed E-state index contributed by atoms with van der Waals surface area (Å²) in [6, 6.07) is 12.3. The first-order valence-corrected chi connectivity index (χ1v) is 11.3. The highest BCUT2D eigenvalue weighted by molar-refractivity contribution is 5.90. The van der Waals surface area contributed by atoms with Gasteiger partial charge < -0.3 is 30.3 Å². The fourth-order valence-electron chi connectivity index (χ4n) is 3.70. The standard InChI is InChI=1S/C26H34N2O7/c1-26(2,18-10-11-22(34-3)21(29)15-18)12-13-27-19(16-23(30)31)24(32)28-20(25(33)35-4)14-17-8-6-5-7-9-17/h5-11,15,19-20,27,29H,12-14,16H2,1-4H3,(H,28,32)(H,30,31)/t19-,20+/m0/s1. The minimum absolute atomic E-state index is 0.0291. The number of nitrogens with one attached hydrogen (secondary N) is 2. The Labute approximate surface area is 205 Å². The first kappa shape index (κ1) is 27.7. The molecule has 0 radical (unpaired) electrons. The highest BCUT2D eigenvalue weighted by Gasteiger charge is 2.29. The zero-order valence-electron chi connectivity index (χ0n) is 20.5. The van der Waals surface area contributed by atoms with Crippen LogP contribution in [0.15, 0.2) is 48.5 Å². The van der Waals surface area contributed by atoms with Crippen LogP contribution in [0.3, 0.4) is 0 Å². The average Bonchev–Trinajstić information content (AvgIpc) is 2.82. The number of aliphatic carboxylic acids is 1. The van der Waals surface area contributed by atoms with Crippen molar-refractivity contribution < 1.29 is 34.1 Å². The summed E-state index contributed by atoms with van der Waals surface area (Å²) in [6.45, 7) is 4.29. The van der Waals surface area contributed by atoms with E-state index in [4.69, 9.17) is 9.47 Å². The maximum absolute atomic E-state index is 12.9. The number of hydrogen-bond donors (Lipinski definition) is 4. The summed E-state index contributed by atoms with van der Waals surface area (Å²) in [4.78, 5) is 36.6. The van der Waals surface area contributed by atoms with Crippen molar-refractivity contribution in [1.82, 2.24) is 10.6 Å². The summed E-state index contributed by atoms with van der Waals surface area (Å²) < 4.78 is 9.91. The molecule has 190 valence electrons. The van der Waals surface area contributed by atoms with E-state index < -0.39 is 36.4 Å². The monoisotopic (exact) mass is 486 g/mol. The second-order valence-corrected chi connectivity index (χ2v) is 8.90. The Kier molecular flexibility index (Phi) is 10.1. The number of carboxylic acids is 1. The van der Waals surface area contributed by atoms with Crippen LogP contribution in [0.1, 0.15) is 37.8 Å². The average molecular weight is 487 g/mol. The lowest BCUT2D eigenvalue weighted by Crippen LogP contribution is -2.52. The van der Waals surface area contributed by atoms with Crippen LogP contribution in [0.2, 0.25) is 0 Å². The molecule has 0 fully saturated rings. The molecular formula is C26H34N2O7. The number of carbonyl (C=O) groups is 3. The maximum Gasteiger partial charge on any atom is 0.328 e. The maximum atomic E-state index is 12.9. The molecule has 0 unspecified atom stereocenters. The van der Waals surface area contributed by atoms with Gasteiger partial charge in [-0.3, -0.25) is 9.59 Å². The van der Waals surface area contributed by atoms with E-state index in [1.165, 1.54) is 14.2 Å². The molecule has 0 saturated carbocycles. The Morgan fingerprint density at radius 2 is 1.71 bits per heavy atom. The predicted molar refractivity (Wildman–Crippen MR) is 130 cm³/mol. The fraction of sp³-hybridized carbons (Fsp3) is 0.423. The van der Waals surface area contributed by atoms with Crippen LogP contribution in [-0.4, -0.2) is 60.9 Å². The molecule has 9 nitrogen and oxygen atoms in total.